The van der Waals surface area contributed by atoms with Crippen molar-refractivity contribution >= 4 is 5.97 Å². The number of aromatic nitrogens is 1. The molecule has 6 atom stereocenters. The Hall–Kier alpha value is -1.58. The Morgan fingerprint density at radius 3 is 2.71 bits per heavy atom. The summed E-state index contributed by atoms with van der Waals surface area (Å²) in [6, 6.07) is 3.98. The van der Waals surface area contributed by atoms with Crippen molar-refractivity contribution in [2.75, 3.05) is 13.6 Å². The van der Waals surface area contributed by atoms with Crippen LogP contribution < -0.4 is 9.67 Å². The van der Waals surface area contributed by atoms with Crippen LogP contribution in [0.15, 0.2) is 24.5 Å². The van der Waals surface area contributed by atoms with Crippen molar-refractivity contribution in [1.82, 2.24) is 4.90 Å². The number of hydrogen-bond donors (Lipinski definition) is 3. The molecule has 3 N–H and O–H groups in total. The van der Waals surface area contributed by atoms with Gasteiger partial charge in [-0.3, -0.25) is 4.90 Å². The summed E-state index contributed by atoms with van der Waals surface area (Å²) >= 11 is 0. The van der Waals surface area contributed by atoms with Crippen LogP contribution in [-0.2, 0) is 9.53 Å². The zero-order chi connectivity index (χ0) is 17.4. The van der Waals surface area contributed by atoms with E-state index in [1.54, 1.807) is 18.5 Å². The van der Waals surface area contributed by atoms with E-state index in [0.29, 0.717) is 0 Å². The lowest BCUT2D eigenvalue weighted by atomic mass is 9.97. The first-order valence-electron chi connectivity index (χ1n) is 8.01. The average molecular weight is 338 g/mol. The predicted molar refractivity (Wildman–Crippen MR) is 78.2 cm³/mol. The lowest BCUT2D eigenvalue weighted by molar-refractivity contribution is -0.777. The van der Waals surface area contributed by atoms with Crippen LogP contribution in [0, 0.1) is 0 Å². The first kappa shape index (κ1) is 17.2. The molecule has 2 unspecified atom stereocenters. The SMILES string of the molecule is CN1CCC[C@H]1c1ccc[n+]([C@@H]2OC(C(=O)[O-])[C@@H](O)[C@@H](O)C2O)c1. The van der Waals surface area contributed by atoms with Crippen LogP contribution in [0.2, 0.25) is 0 Å². The van der Waals surface area contributed by atoms with Crippen LogP contribution in [0.1, 0.15) is 30.7 Å². The molecule has 0 amide bonds. The van der Waals surface area contributed by atoms with Gasteiger partial charge in [0, 0.05) is 17.7 Å². The van der Waals surface area contributed by atoms with Gasteiger partial charge in [0.15, 0.2) is 18.5 Å². The molecule has 8 nitrogen and oxygen atoms in total. The van der Waals surface area contributed by atoms with Crippen LogP contribution in [0.5, 0.6) is 0 Å². The molecule has 2 fully saturated rings. The number of rotatable bonds is 3. The maximum absolute atomic E-state index is 11.1. The van der Waals surface area contributed by atoms with Crippen LogP contribution in [0.25, 0.3) is 0 Å². The molecule has 2 aliphatic rings. The third-order valence-electron chi connectivity index (χ3n) is 4.86. The Labute approximate surface area is 139 Å². The largest absolute Gasteiger partial charge is 0.547 e. The second kappa shape index (κ2) is 6.73. The molecule has 2 saturated heterocycles. The molecule has 0 aliphatic carbocycles. The number of likely N-dealkylation sites (tertiary alicyclic amines) is 1. The van der Waals surface area contributed by atoms with Gasteiger partial charge in [0.2, 0.25) is 0 Å². The third kappa shape index (κ3) is 3.03. The zero-order valence-corrected chi connectivity index (χ0v) is 13.4. The van der Waals surface area contributed by atoms with Gasteiger partial charge in [-0.2, -0.15) is 4.57 Å². The monoisotopic (exact) mass is 338 g/mol. The Morgan fingerprint density at radius 1 is 1.33 bits per heavy atom. The number of carbonyl (C=O) groups is 1. The van der Waals surface area contributed by atoms with Crippen LogP contribution in [0.3, 0.4) is 0 Å². The van der Waals surface area contributed by atoms with E-state index in [4.69, 9.17) is 4.74 Å². The van der Waals surface area contributed by atoms with E-state index < -0.39 is 36.6 Å². The highest BCUT2D eigenvalue weighted by atomic mass is 16.6. The van der Waals surface area contributed by atoms with Gasteiger partial charge in [0.05, 0.1) is 5.97 Å². The van der Waals surface area contributed by atoms with Gasteiger partial charge in [0.25, 0.3) is 6.23 Å². The van der Waals surface area contributed by atoms with Crippen molar-refractivity contribution in [2.24, 2.45) is 0 Å². The lowest BCUT2D eigenvalue weighted by Gasteiger charge is -2.37. The summed E-state index contributed by atoms with van der Waals surface area (Å²) in [7, 11) is 2.03. The average Bonchev–Trinajstić information content (AvgIpc) is 2.99. The standard InChI is InChI=1S/C16H22N2O6/c1-17-6-3-5-10(17)9-4-2-7-18(8-9)15-13(21)11(19)12(20)14(24-15)16(22)23/h2,4,7-8,10-15,19-21H,3,5-6H2,1H3/t10-,11+,12-,13?,14?,15+/m0/s1. The highest BCUT2D eigenvalue weighted by Crippen LogP contribution is 2.30. The normalized spacial score (nSPS) is 37.5. The summed E-state index contributed by atoms with van der Waals surface area (Å²) in [4.78, 5) is 13.3. The fourth-order valence-electron chi connectivity index (χ4n) is 3.50. The number of carboxylic acids is 1. The van der Waals surface area contributed by atoms with E-state index >= 15 is 0 Å². The second-order valence-corrected chi connectivity index (χ2v) is 6.46. The van der Waals surface area contributed by atoms with Crippen LogP contribution in [-0.4, -0.2) is 64.2 Å². The number of ether oxygens (including phenoxy) is 1. The molecule has 3 rings (SSSR count). The molecule has 0 saturated carbocycles. The van der Waals surface area contributed by atoms with Crippen molar-refractivity contribution in [3.05, 3.63) is 30.1 Å². The summed E-state index contributed by atoms with van der Waals surface area (Å²) in [5.41, 5.74) is 1.01. The molecule has 24 heavy (non-hydrogen) atoms. The van der Waals surface area contributed by atoms with Gasteiger partial charge >= 0.3 is 0 Å². The maximum Gasteiger partial charge on any atom is 0.292 e. The van der Waals surface area contributed by atoms with Crippen molar-refractivity contribution in [1.29, 1.82) is 0 Å². The quantitative estimate of drug-likeness (QED) is 0.520. The summed E-state index contributed by atoms with van der Waals surface area (Å²) < 4.78 is 6.83. The highest BCUT2D eigenvalue weighted by Gasteiger charge is 2.48. The van der Waals surface area contributed by atoms with Gasteiger partial charge in [-0.05, 0) is 32.5 Å². The highest BCUT2D eigenvalue weighted by molar-refractivity contribution is 5.71. The minimum Gasteiger partial charge on any atom is -0.547 e. The lowest BCUT2D eigenvalue weighted by Crippen LogP contribution is -2.65. The van der Waals surface area contributed by atoms with E-state index in [9.17, 15) is 25.2 Å². The molecular weight excluding hydrogens is 316 g/mol. The number of aliphatic carboxylic acids is 1. The van der Waals surface area contributed by atoms with Crippen LogP contribution >= 0.6 is 0 Å². The van der Waals surface area contributed by atoms with E-state index in [2.05, 4.69) is 4.90 Å². The van der Waals surface area contributed by atoms with Crippen molar-refractivity contribution in [2.45, 2.75) is 49.5 Å². The number of hydrogen-bond acceptors (Lipinski definition) is 7. The molecule has 8 heteroatoms. The molecule has 1 aromatic rings. The number of pyridine rings is 1. The fraction of sp³-hybridized carbons (Fsp3) is 0.625. The summed E-state index contributed by atoms with van der Waals surface area (Å²) in [5, 5.41) is 41.0. The number of aliphatic hydroxyl groups excluding tert-OH is 3. The predicted octanol–water partition coefficient (Wildman–Crippen LogP) is -2.53. The Bertz CT molecular complexity index is 612. The van der Waals surface area contributed by atoms with E-state index in [1.807, 2.05) is 13.1 Å². The van der Waals surface area contributed by atoms with Gasteiger partial charge < -0.3 is 30.0 Å². The molecule has 1 aromatic heterocycles. The Balaban J connectivity index is 1.88. The summed E-state index contributed by atoms with van der Waals surface area (Å²) in [6.07, 6.45) is -2.18. The Kier molecular flexibility index (Phi) is 4.84. The smallest absolute Gasteiger partial charge is 0.292 e. The maximum atomic E-state index is 11.1. The third-order valence-corrected chi connectivity index (χ3v) is 4.86. The Morgan fingerprint density at radius 2 is 2.08 bits per heavy atom. The summed E-state index contributed by atoms with van der Waals surface area (Å²) in [5.74, 6) is -1.63. The molecule has 2 aliphatic heterocycles. The topological polar surface area (TPSA) is 117 Å². The molecule has 132 valence electrons. The number of carboxylic acid groups (broad SMARTS) is 1. The molecular formula is C16H22N2O6. The van der Waals surface area contributed by atoms with Gasteiger partial charge in [-0.1, -0.05) is 0 Å². The number of aliphatic hydroxyl groups is 3. The summed E-state index contributed by atoms with van der Waals surface area (Å²) in [6.45, 7) is 1.000. The van der Waals surface area contributed by atoms with Crippen molar-refractivity contribution < 1.29 is 34.5 Å². The first-order chi connectivity index (χ1) is 11.4. The van der Waals surface area contributed by atoms with Gasteiger partial charge in [0.1, 0.15) is 18.3 Å². The second-order valence-electron chi connectivity index (χ2n) is 6.46. The minimum absolute atomic E-state index is 0.241. The van der Waals surface area contributed by atoms with Crippen molar-refractivity contribution in [3.8, 4) is 0 Å². The van der Waals surface area contributed by atoms with E-state index in [1.165, 1.54) is 4.57 Å². The first-order valence-corrected chi connectivity index (χ1v) is 8.01. The number of carbonyl (C=O) groups excluding carboxylic acids is 1. The molecule has 0 spiro atoms. The van der Waals surface area contributed by atoms with Gasteiger partial charge in [-0.25, -0.2) is 0 Å². The molecule has 0 aromatic carbocycles. The fourth-order valence-corrected chi connectivity index (χ4v) is 3.50. The van der Waals surface area contributed by atoms with E-state index in [-0.39, 0.29) is 6.04 Å². The van der Waals surface area contributed by atoms with Crippen molar-refractivity contribution in [3.63, 3.8) is 0 Å². The minimum atomic E-state index is -1.74. The van der Waals surface area contributed by atoms with E-state index in [0.717, 1.165) is 24.9 Å². The zero-order valence-electron chi connectivity index (χ0n) is 13.4. The molecule has 0 bridgehead atoms. The van der Waals surface area contributed by atoms with Crippen LogP contribution in [0.4, 0.5) is 0 Å². The molecule has 0 radical (unpaired) electrons. The molecule has 3 heterocycles. The van der Waals surface area contributed by atoms with Gasteiger partial charge in [-0.15, -0.1) is 0 Å². The number of nitrogens with zero attached hydrogens (tertiary/aromatic N) is 2.